The van der Waals surface area contributed by atoms with Crippen molar-refractivity contribution in [1.82, 2.24) is 10.2 Å². The van der Waals surface area contributed by atoms with Crippen LogP contribution >= 0.6 is 0 Å². The number of carbonyl (C=O) groups excluding carboxylic acids is 1. The van der Waals surface area contributed by atoms with Gasteiger partial charge in [0.2, 0.25) is 5.91 Å². The molecule has 2 atom stereocenters. The first-order valence-corrected chi connectivity index (χ1v) is 11.5. The van der Waals surface area contributed by atoms with Gasteiger partial charge in [-0.2, -0.15) is 0 Å². The van der Waals surface area contributed by atoms with Crippen molar-refractivity contribution in [3.05, 3.63) is 65.7 Å². The third-order valence-corrected chi connectivity index (χ3v) is 5.69. The van der Waals surface area contributed by atoms with E-state index < -0.39 is 0 Å². The number of benzene rings is 2. The number of amides is 1. The summed E-state index contributed by atoms with van der Waals surface area (Å²) in [7, 11) is 0. The maximum absolute atomic E-state index is 12.8. The van der Waals surface area contributed by atoms with Gasteiger partial charge in [-0.25, -0.2) is 0 Å². The van der Waals surface area contributed by atoms with Gasteiger partial charge in [-0.05, 0) is 35.6 Å². The van der Waals surface area contributed by atoms with Gasteiger partial charge in [0, 0.05) is 19.6 Å². The monoisotopic (exact) mass is 424 g/mol. The van der Waals surface area contributed by atoms with E-state index in [2.05, 4.69) is 36.2 Å². The number of hydrogen-bond acceptors (Lipinski definition) is 4. The average Bonchev–Trinajstić information content (AvgIpc) is 2.79. The molecule has 0 aromatic heterocycles. The Morgan fingerprint density at radius 1 is 1.10 bits per heavy atom. The topological polar surface area (TPSA) is 50.8 Å². The molecule has 0 aliphatic carbocycles. The zero-order valence-electron chi connectivity index (χ0n) is 18.9. The van der Waals surface area contributed by atoms with E-state index in [0.717, 1.165) is 56.3 Å². The number of rotatable bonds is 11. The first-order valence-electron chi connectivity index (χ1n) is 11.5. The Hall–Kier alpha value is -2.37. The molecule has 2 aromatic carbocycles. The summed E-state index contributed by atoms with van der Waals surface area (Å²) >= 11 is 0. The lowest BCUT2D eigenvalue weighted by molar-refractivity contribution is -0.121. The molecule has 1 saturated heterocycles. The number of nitrogens with one attached hydrogen (secondary N) is 1. The fraction of sp³-hybridized carbons (Fsp3) is 0.500. The van der Waals surface area contributed by atoms with Crippen molar-refractivity contribution >= 4 is 5.91 Å². The van der Waals surface area contributed by atoms with Crippen LogP contribution in [-0.2, 0) is 16.0 Å². The summed E-state index contributed by atoms with van der Waals surface area (Å²) in [5, 5.41) is 3.25. The number of carbonyl (C=O) groups is 1. The first-order chi connectivity index (χ1) is 15.1. The fourth-order valence-corrected chi connectivity index (χ4v) is 3.91. The van der Waals surface area contributed by atoms with Crippen LogP contribution in [0.3, 0.4) is 0 Å². The molecule has 1 aliphatic rings. The number of nitrogens with zero attached hydrogens (tertiary/aromatic N) is 1. The summed E-state index contributed by atoms with van der Waals surface area (Å²) < 4.78 is 11.4. The molecule has 1 fully saturated rings. The Morgan fingerprint density at radius 2 is 1.81 bits per heavy atom. The highest BCUT2D eigenvalue weighted by molar-refractivity contribution is 5.79. The standard InChI is InChI=1S/C26H36N2O3/c1-3-7-21(2)20-31-24-12-10-23(11-13-24)25(19-28-14-16-30-17-15-28)27-26(29)18-22-8-5-4-6-9-22/h4-6,8-13,21,25H,3,7,14-20H2,1-2H3,(H,27,29)/t21?,25-/m0/s1. The molecule has 168 valence electrons. The molecular weight excluding hydrogens is 388 g/mol. The third-order valence-electron chi connectivity index (χ3n) is 5.69. The molecule has 3 rings (SSSR count). The summed E-state index contributed by atoms with van der Waals surface area (Å²) in [4.78, 5) is 15.1. The van der Waals surface area contributed by atoms with Crippen molar-refractivity contribution in [3.8, 4) is 5.75 Å². The van der Waals surface area contributed by atoms with Crippen LogP contribution in [0.2, 0.25) is 0 Å². The lowest BCUT2D eigenvalue weighted by Gasteiger charge is -2.31. The maximum Gasteiger partial charge on any atom is 0.224 e. The van der Waals surface area contributed by atoms with E-state index in [4.69, 9.17) is 9.47 Å². The minimum Gasteiger partial charge on any atom is -0.493 e. The highest BCUT2D eigenvalue weighted by Gasteiger charge is 2.20. The Labute approximate surface area is 186 Å². The summed E-state index contributed by atoms with van der Waals surface area (Å²) in [5.41, 5.74) is 2.12. The Morgan fingerprint density at radius 3 is 2.48 bits per heavy atom. The molecule has 0 bridgehead atoms. The third kappa shape index (κ3) is 8.00. The van der Waals surface area contributed by atoms with Crippen molar-refractivity contribution in [3.63, 3.8) is 0 Å². The normalized spacial score (nSPS) is 16.5. The van der Waals surface area contributed by atoms with Crippen LogP contribution in [0.4, 0.5) is 0 Å². The molecule has 1 aliphatic heterocycles. The number of ether oxygens (including phenoxy) is 2. The van der Waals surface area contributed by atoms with E-state index >= 15 is 0 Å². The van der Waals surface area contributed by atoms with Crippen LogP contribution in [0.25, 0.3) is 0 Å². The van der Waals surface area contributed by atoms with Crippen LogP contribution in [0.5, 0.6) is 5.75 Å². The molecule has 1 unspecified atom stereocenters. The van der Waals surface area contributed by atoms with Gasteiger partial charge < -0.3 is 14.8 Å². The smallest absolute Gasteiger partial charge is 0.224 e. The lowest BCUT2D eigenvalue weighted by Crippen LogP contribution is -2.43. The molecule has 1 heterocycles. The zero-order chi connectivity index (χ0) is 21.9. The molecule has 5 heteroatoms. The van der Waals surface area contributed by atoms with E-state index in [9.17, 15) is 4.79 Å². The second-order valence-corrected chi connectivity index (χ2v) is 8.47. The van der Waals surface area contributed by atoms with Gasteiger partial charge >= 0.3 is 0 Å². The van der Waals surface area contributed by atoms with E-state index in [1.807, 2.05) is 42.5 Å². The largest absolute Gasteiger partial charge is 0.493 e. The maximum atomic E-state index is 12.8. The van der Waals surface area contributed by atoms with Crippen molar-refractivity contribution in [2.45, 2.75) is 39.2 Å². The van der Waals surface area contributed by atoms with Crippen LogP contribution in [-0.4, -0.2) is 50.3 Å². The summed E-state index contributed by atoms with van der Waals surface area (Å²) in [6.45, 7) is 9.20. The van der Waals surface area contributed by atoms with Gasteiger partial charge in [-0.15, -0.1) is 0 Å². The molecular formula is C26H36N2O3. The highest BCUT2D eigenvalue weighted by Crippen LogP contribution is 2.21. The molecule has 0 radical (unpaired) electrons. The van der Waals surface area contributed by atoms with Gasteiger partial charge in [0.25, 0.3) is 0 Å². The van der Waals surface area contributed by atoms with Gasteiger partial charge in [-0.1, -0.05) is 62.7 Å². The van der Waals surface area contributed by atoms with Crippen molar-refractivity contribution in [2.75, 3.05) is 39.5 Å². The first kappa shape index (κ1) is 23.3. The van der Waals surface area contributed by atoms with Gasteiger partial charge in [0.15, 0.2) is 0 Å². The van der Waals surface area contributed by atoms with Crippen LogP contribution in [0.1, 0.15) is 43.9 Å². The van der Waals surface area contributed by atoms with Gasteiger partial charge in [-0.3, -0.25) is 9.69 Å². The summed E-state index contributed by atoms with van der Waals surface area (Å²) in [6, 6.07) is 18.0. The van der Waals surface area contributed by atoms with E-state index in [1.54, 1.807) is 0 Å². The number of hydrogen-bond donors (Lipinski definition) is 1. The van der Waals surface area contributed by atoms with Crippen LogP contribution in [0, 0.1) is 5.92 Å². The van der Waals surface area contributed by atoms with Gasteiger partial charge in [0.05, 0.1) is 32.3 Å². The highest BCUT2D eigenvalue weighted by atomic mass is 16.5. The predicted molar refractivity (Wildman–Crippen MR) is 124 cm³/mol. The second kappa shape index (κ2) is 12.5. The molecule has 2 aromatic rings. The molecule has 31 heavy (non-hydrogen) atoms. The van der Waals surface area contributed by atoms with E-state index in [1.165, 1.54) is 12.8 Å². The lowest BCUT2D eigenvalue weighted by atomic mass is 10.0. The molecule has 1 amide bonds. The molecule has 1 N–H and O–H groups in total. The Bertz CT molecular complexity index is 773. The van der Waals surface area contributed by atoms with Gasteiger partial charge in [0.1, 0.15) is 5.75 Å². The van der Waals surface area contributed by atoms with Crippen molar-refractivity contribution < 1.29 is 14.3 Å². The summed E-state index contributed by atoms with van der Waals surface area (Å²) in [5.74, 6) is 1.47. The van der Waals surface area contributed by atoms with Crippen molar-refractivity contribution in [2.24, 2.45) is 5.92 Å². The van der Waals surface area contributed by atoms with Crippen LogP contribution in [0.15, 0.2) is 54.6 Å². The minimum absolute atomic E-state index is 0.0400. The Kier molecular flexibility index (Phi) is 9.38. The predicted octanol–water partition coefficient (Wildman–Crippen LogP) is 4.23. The SMILES string of the molecule is CCCC(C)COc1ccc([C@H](CN2CCOCC2)NC(=O)Cc2ccccc2)cc1. The average molecular weight is 425 g/mol. The number of morpholine rings is 1. The van der Waals surface area contributed by atoms with Crippen molar-refractivity contribution in [1.29, 1.82) is 0 Å². The Balaban J connectivity index is 1.64. The van der Waals surface area contributed by atoms with E-state index in [-0.39, 0.29) is 11.9 Å². The molecule has 5 nitrogen and oxygen atoms in total. The zero-order valence-corrected chi connectivity index (χ0v) is 18.9. The summed E-state index contributed by atoms with van der Waals surface area (Å²) in [6.07, 6.45) is 2.74. The molecule has 0 saturated carbocycles. The quantitative estimate of drug-likeness (QED) is 0.586. The minimum atomic E-state index is -0.0672. The fourth-order valence-electron chi connectivity index (χ4n) is 3.91. The van der Waals surface area contributed by atoms with Crippen LogP contribution < -0.4 is 10.1 Å². The molecule has 0 spiro atoms. The second-order valence-electron chi connectivity index (χ2n) is 8.47. The van der Waals surface area contributed by atoms with E-state index in [0.29, 0.717) is 12.3 Å².